The molecule has 0 N–H and O–H groups in total. The highest BCUT2D eigenvalue weighted by atomic mass is 35.5. The number of hydrogen-bond donors (Lipinski definition) is 0. The van der Waals surface area contributed by atoms with Gasteiger partial charge in [0.2, 0.25) is 5.78 Å². The molecule has 0 saturated carbocycles. The predicted octanol–water partition coefficient (Wildman–Crippen LogP) is 5.16. The number of aromatic nitrogens is 2. The number of ketones is 1. The summed E-state index contributed by atoms with van der Waals surface area (Å²) in [6.07, 6.45) is 2.52. The molecule has 2 aromatic carbocycles. The van der Waals surface area contributed by atoms with E-state index < -0.39 is 0 Å². The Balaban J connectivity index is 0.00000306. The Kier molecular flexibility index (Phi) is 8.89. The first kappa shape index (κ1) is 25.2. The van der Waals surface area contributed by atoms with Crippen LogP contribution in [-0.4, -0.2) is 53.6 Å². The van der Waals surface area contributed by atoms with Gasteiger partial charge in [0, 0.05) is 19.1 Å². The maximum absolute atomic E-state index is 13.5. The minimum atomic E-state index is -0.226. The summed E-state index contributed by atoms with van der Waals surface area (Å²) in [4.78, 5) is 20.6. The molecule has 1 unspecified atom stereocenters. The van der Waals surface area contributed by atoms with Gasteiger partial charge >= 0.3 is 0 Å². The zero-order valence-electron chi connectivity index (χ0n) is 19.7. The van der Waals surface area contributed by atoms with E-state index in [1.807, 2.05) is 54.8 Å². The molecular weight excluding hydrogens is 438 g/mol. The standard InChI is InChI=1S/C26H33N3O3.ClH/c1-4-32-19(2)29-24-8-6-5-7-23(24)27-26(29)25(30)21-14-17-28(18-15-21)16-13-20-9-11-22(31-3)12-10-20;/h5-12,19,21H,4,13-18H2,1-3H3;1H. The molecule has 0 bridgehead atoms. The first-order valence-corrected chi connectivity index (χ1v) is 11.6. The van der Waals surface area contributed by atoms with Gasteiger partial charge in [0.05, 0.1) is 18.1 Å². The van der Waals surface area contributed by atoms with E-state index in [0.29, 0.717) is 12.4 Å². The molecule has 3 aromatic rings. The number of rotatable bonds is 9. The van der Waals surface area contributed by atoms with Crippen LogP contribution in [0.4, 0.5) is 0 Å². The molecule has 1 atom stereocenters. The number of Topliss-reactive ketones (excluding diaryl/α,β-unsaturated/α-hetero) is 1. The molecule has 0 spiro atoms. The number of carbonyl (C=O) groups is 1. The third kappa shape index (κ3) is 5.75. The van der Waals surface area contributed by atoms with E-state index in [4.69, 9.17) is 14.5 Å². The number of piperidine rings is 1. The molecule has 4 rings (SSSR count). The smallest absolute Gasteiger partial charge is 0.201 e. The fraction of sp³-hybridized carbons (Fsp3) is 0.462. The molecule has 0 aliphatic carbocycles. The second-order valence-corrected chi connectivity index (χ2v) is 8.43. The molecule has 178 valence electrons. The van der Waals surface area contributed by atoms with Gasteiger partial charge in [-0.1, -0.05) is 24.3 Å². The van der Waals surface area contributed by atoms with Gasteiger partial charge < -0.3 is 14.4 Å². The molecular formula is C26H34ClN3O3. The van der Waals surface area contributed by atoms with Crippen molar-refractivity contribution in [2.75, 3.05) is 33.4 Å². The lowest BCUT2D eigenvalue weighted by atomic mass is 9.91. The van der Waals surface area contributed by atoms with Crippen LogP contribution in [-0.2, 0) is 11.2 Å². The van der Waals surface area contributed by atoms with Gasteiger partial charge in [-0.3, -0.25) is 9.36 Å². The minimum absolute atomic E-state index is 0. The van der Waals surface area contributed by atoms with Crippen molar-refractivity contribution in [3.8, 4) is 5.75 Å². The molecule has 1 aromatic heterocycles. The highest BCUT2D eigenvalue weighted by Gasteiger charge is 2.30. The average Bonchev–Trinajstić information content (AvgIpc) is 3.23. The van der Waals surface area contributed by atoms with Crippen molar-refractivity contribution in [3.05, 3.63) is 59.9 Å². The van der Waals surface area contributed by atoms with Crippen molar-refractivity contribution in [3.63, 3.8) is 0 Å². The second-order valence-electron chi connectivity index (χ2n) is 8.43. The van der Waals surface area contributed by atoms with Crippen molar-refractivity contribution >= 4 is 29.2 Å². The zero-order valence-corrected chi connectivity index (χ0v) is 20.5. The van der Waals surface area contributed by atoms with Crippen LogP contribution in [0.15, 0.2) is 48.5 Å². The predicted molar refractivity (Wildman–Crippen MR) is 134 cm³/mol. The number of imidazole rings is 1. The molecule has 7 heteroatoms. The van der Waals surface area contributed by atoms with E-state index in [1.165, 1.54) is 5.56 Å². The number of carbonyl (C=O) groups excluding carboxylic acids is 1. The van der Waals surface area contributed by atoms with E-state index >= 15 is 0 Å². The van der Waals surface area contributed by atoms with Crippen molar-refractivity contribution in [1.82, 2.24) is 14.5 Å². The molecule has 0 amide bonds. The van der Waals surface area contributed by atoms with Gasteiger partial charge in [0.1, 0.15) is 12.0 Å². The van der Waals surface area contributed by atoms with Crippen molar-refractivity contribution in [2.45, 2.75) is 39.3 Å². The molecule has 1 saturated heterocycles. The number of halogens is 1. The third-order valence-electron chi connectivity index (χ3n) is 6.42. The fourth-order valence-electron chi connectivity index (χ4n) is 4.58. The lowest BCUT2D eigenvalue weighted by Gasteiger charge is -2.31. The summed E-state index contributed by atoms with van der Waals surface area (Å²) in [5.74, 6) is 1.57. The lowest BCUT2D eigenvalue weighted by Crippen LogP contribution is -2.38. The number of methoxy groups -OCH3 is 1. The van der Waals surface area contributed by atoms with E-state index in [0.717, 1.165) is 55.7 Å². The fourth-order valence-corrected chi connectivity index (χ4v) is 4.58. The molecule has 33 heavy (non-hydrogen) atoms. The van der Waals surface area contributed by atoms with Crippen molar-refractivity contribution in [2.24, 2.45) is 5.92 Å². The highest BCUT2D eigenvalue weighted by Crippen LogP contribution is 2.27. The van der Waals surface area contributed by atoms with Gasteiger partial charge in [-0.2, -0.15) is 0 Å². The summed E-state index contributed by atoms with van der Waals surface area (Å²) in [5, 5.41) is 0. The number of benzene rings is 2. The molecule has 2 heterocycles. The number of likely N-dealkylation sites (tertiary alicyclic amines) is 1. The Morgan fingerprint density at radius 2 is 1.82 bits per heavy atom. The largest absolute Gasteiger partial charge is 0.497 e. The summed E-state index contributed by atoms with van der Waals surface area (Å²) >= 11 is 0. The number of ether oxygens (including phenoxy) is 2. The maximum Gasteiger partial charge on any atom is 0.201 e. The Labute approximate surface area is 202 Å². The number of nitrogens with zero attached hydrogens (tertiary/aromatic N) is 3. The topological polar surface area (TPSA) is 56.6 Å². The third-order valence-corrected chi connectivity index (χ3v) is 6.42. The number of hydrogen-bond acceptors (Lipinski definition) is 5. The summed E-state index contributed by atoms with van der Waals surface area (Å²) < 4.78 is 13.0. The van der Waals surface area contributed by atoms with E-state index in [1.54, 1.807) is 7.11 Å². The normalized spacial score (nSPS) is 15.8. The number of fused-ring (bicyclic) bond motifs is 1. The Morgan fingerprint density at radius 1 is 1.12 bits per heavy atom. The first-order valence-electron chi connectivity index (χ1n) is 11.6. The van der Waals surface area contributed by atoms with Gasteiger partial charge in [0.25, 0.3) is 0 Å². The molecule has 6 nitrogen and oxygen atoms in total. The Bertz CT molecular complexity index is 1040. The van der Waals surface area contributed by atoms with Crippen LogP contribution in [0.25, 0.3) is 11.0 Å². The first-order chi connectivity index (χ1) is 15.6. The summed E-state index contributed by atoms with van der Waals surface area (Å²) in [5.41, 5.74) is 3.11. The van der Waals surface area contributed by atoms with E-state index in [-0.39, 0.29) is 30.3 Å². The summed E-state index contributed by atoms with van der Waals surface area (Å²) in [7, 11) is 1.69. The number of para-hydroxylation sites is 2. The molecule has 1 fully saturated rings. The van der Waals surface area contributed by atoms with Gasteiger partial charge in [-0.15, -0.1) is 12.4 Å². The zero-order chi connectivity index (χ0) is 22.5. The molecule has 1 aliphatic rings. The van der Waals surface area contributed by atoms with E-state index in [9.17, 15) is 4.79 Å². The van der Waals surface area contributed by atoms with E-state index in [2.05, 4.69) is 17.0 Å². The Hall–Kier alpha value is -2.41. The lowest BCUT2D eigenvalue weighted by molar-refractivity contribution is 0.0248. The van der Waals surface area contributed by atoms with Gasteiger partial charge in [-0.05, 0) is 76.0 Å². The van der Waals surface area contributed by atoms with Crippen LogP contribution >= 0.6 is 12.4 Å². The van der Waals surface area contributed by atoms with Crippen LogP contribution in [0.1, 0.15) is 49.1 Å². The van der Waals surface area contributed by atoms with Gasteiger partial charge in [-0.25, -0.2) is 4.98 Å². The molecule has 1 aliphatic heterocycles. The van der Waals surface area contributed by atoms with Gasteiger partial charge in [0.15, 0.2) is 5.82 Å². The average molecular weight is 472 g/mol. The minimum Gasteiger partial charge on any atom is -0.497 e. The SMILES string of the molecule is CCOC(C)n1c(C(=O)C2CCN(CCc3ccc(OC)cc3)CC2)nc2ccccc21.Cl. The van der Waals surface area contributed by atoms with Crippen LogP contribution in [0.2, 0.25) is 0 Å². The summed E-state index contributed by atoms with van der Waals surface area (Å²) in [6.45, 7) is 7.43. The van der Waals surface area contributed by atoms with Crippen LogP contribution in [0.5, 0.6) is 5.75 Å². The van der Waals surface area contributed by atoms with Crippen LogP contribution in [0.3, 0.4) is 0 Å². The van der Waals surface area contributed by atoms with Crippen molar-refractivity contribution in [1.29, 1.82) is 0 Å². The van der Waals surface area contributed by atoms with Crippen molar-refractivity contribution < 1.29 is 14.3 Å². The quantitative estimate of drug-likeness (QED) is 0.403. The van der Waals surface area contributed by atoms with Crippen LogP contribution in [0, 0.1) is 5.92 Å². The highest BCUT2D eigenvalue weighted by molar-refractivity contribution is 5.98. The monoisotopic (exact) mass is 471 g/mol. The van der Waals surface area contributed by atoms with Crippen LogP contribution < -0.4 is 4.74 Å². The second kappa shape index (κ2) is 11.6. The summed E-state index contributed by atoms with van der Waals surface area (Å²) in [6, 6.07) is 16.2. The Morgan fingerprint density at radius 3 is 2.48 bits per heavy atom. The molecule has 0 radical (unpaired) electrons. The maximum atomic E-state index is 13.5.